The van der Waals surface area contributed by atoms with Crippen LogP contribution in [0.1, 0.15) is 22.7 Å². The summed E-state index contributed by atoms with van der Waals surface area (Å²) < 4.78 is 2.02. The molecule has 3 aromatic heterocycles. The van der Waals surface area contributed by atoms with Gasteiger partial charge in [-0.25, -0.2) is 9.97 Å². The van der Waals surface area contributed by atoms with Gasteiger partial charge in [-0.1, -0.05) is 59.1 Å². The average molecular weight is 480 g/mol. The molecule has 4 nitrogen and oxygen atoms in total. The summed E-state index contributed by atoms with van der Waals surface area (Å²) in [4.78, 5) is 13.1. The summed E-state index contributed by atoms with van der Waals surface area (Å²) in [6.45, 7) is 0. The van der Waals surface area contributed by atoms with E-state index < -0.39 is 0 Å². The molecule has 158 valence electrons. The average Bonchev–Trinajstić information content (AvgIpc) is 3.22. The van der Waals surface area contributed by atoms with Crippen LogP contribution in [0.4, 0.5) is 0 Å². The van der Waals surface area contributed by atoms with E-state index in [4.69, 9.17) is 34.8 Å². The van der Waals surface area contributed by atoms with Gasteiger partial charge in [0.2, 0.25) is 0 Å². The Morgan fingerprint density at radius 1 is 0.875 bits per heavy atom. The third-order valence-corrected chi connectivity index (χ3v) is 6.46. The van der Waals surface area contributed by atoms with Crippen LogP contribution in [0.25, 0.3) is 22.0 Å². The molecule has 5 aromatic rings. The zero-order valence-electron chi connectivity index (χ0n) is 17.0. The second kappa shape index (κ2) is 8.55. The highest BCUT2D eigenvalue weighted by molar-refractivity contribution is 6.42. The predicted octanol–water partition coefficient (Wildman–Crippen LogP) is 7.17. The minimum atomic E-state index is -0.0576. The van der Waals surface area contributed by atoms with Crippen molar-refractivity contribution in [2.24, 2.45) is 7.05 Å². The SMILES string of the molecule is Cn1cncc1C(c1ccc(Cl)cc1)c1ccc2nc(Cl)c(-c3cccnc3)c(Cl)c2c1. The Morgan fingerprint density at radius 3 is 2.34 bits per heavy atom. The van der Waals surface area contributed by atoms with Crippen molar-refractivity contribution in [3.05, 3.63) is 112 Å². The molecule has 5 rings (SSSR count). The van der Waals surface area contributed by atoms with Crippen molar-refractivity contribution in [2.75, 3.05) is 0 Å². The van der Waals surface area contributed by atoms with Crippen LogP contribution in [0, 0.1) is 0 Å². The van der Waals surface area contributed by atoms with Gasteiger partial charge in [-0.3, -0.25) is 4.98 Å². The number of fused-ring (bicyclic) bond motifs is 1. The molecule has 0 fully saturated rings. The fourth-order valence-electron chi connectivity index (χ4n) is 3.98. The maximum Gasteiger partial charge on any atom is 0.139 e. The van der Waals surface area contributed by atoms with Gasteiger partial charge in [0.05, 0.1) is 22.8 Å². The number of pyridine rings is 2. The van der Waals surface area contributed by atoms with Gasteiger partial charge in [0.1, 0.15) is 5.15 Å². The lowest BCUT2D eigenvalue weighted by atomic mass is 9.87. The molecule has 0 N–H and O–H groups in total. The molecule has 0 aliphatic rings. The second-order valence-corrected chi connectivity index (χ2v) is 8.70. The topological polar surface area (TPSA) is 43.6 Å². The number of hydrogen-bond donors (Lipinski definition) is 0. The van der Waals surface area contributed by atoms with Gasteiger partial charge in [0, 0.05) is 52.9 Å². The summed E-state index contributed by atoms with van der Waals surface area (Å²) in [7, 11) is 1.99. The van der Waals surface area contributed by atoms with Crippen molar-refractivity contribution in [2.45, 2.75) is 5.92 Å². The van der Waals surface area contributed by atoms with Crippen LogP contribution in [-0.2, 0) is 7.05 Å². The summed E-state index contributed by atoms with van der Waals surface area (Å²) in [6.07, 6.45) is 7.12. The Labute approximate surface area is 200 Å². The molecular weight excluding hydrogens is 463 g/mol. The number of imidazole rings is 1. The van der Waals surface area contributed by atoms with Gasteiger partial charge >= 0.3 is 0 Å². The Morgan fingerprint density at radius 2 is 1.66 bits per heavy atom. The number of benzene rings is 2. The van der Waals surface area contributed by atoms with E-state index >= 15 is 0 Å². The highest BCUT2D eigenvalue weighted by Gasteiger charge is 2.22. The Bertz CT molecular complexity index is 1410. The van der Waals surface area contributed by atoms with Crippen LogP contribution in [-0.4, -0.2) is 19.5 Å². The molecule has 2 aromatic carbocycles. The standard InChI is InChI=1S/C25H17Cl3N4/c1-32-14-30-13-21(32)22(15-4-7-18(26)8-5-15)16-6-9-20-19(11-16)24(27)23(25(28)31-20)17-3-2-10-29-12-17/h2-14,22H,1H3. The number of aryl methyl sites for hydroxylation is 1. The summed E-state index contributed by atoms with van der Waals surface area (Å²) in [6, 6.07) is 17.7. The lowest BCUT2D eigenvalue weighted by molar-refractivity contribution is 0.793. The Balaban J connectivity index is 1.73. The molecule has 32 heavy (non-hydrogen) atoms. The van der Waals surface area contributed by atoms with Crippen molar-refractivity contribution < 1.29 is 0 Å². The van der Waals surface area contributed by atoms with Crippen LogP contribution < -0.4 is 0 Å². The predicted molar refractivity (Wildman–Crippen MR) is 131 cm³/mol. The van der Waals surface area contributed by atoms with E-state index in [9.17, 15) is 0 Å². The number of rotatable bonds is 4. The van der Waals surface area contributed by atoms with Gasteiger partial charge in [-0.15, -0.1) is 0 Å². The smallest absolute Gasteiger partial charge is 0.139 e. The first-order valence-corrected chi connectivity index (χ1v) is 11.1. The molecule has 0 radical (unpaired) electrons. The lowest BCUT2D eigenvalue weighted by Gasteiger charge is -2.20. The van der Waals surface area contributed by atoms with E-state index in [0.29, 0.717) is 20.8 Å². The quantitative estimate of drug-likeness (QED) is 0.257. The molecule has 3 heterocycles. The molecular formula is C25H17Cl3N4. The number of nitrogens with zero attached hydrogens (tertiary/aromatic N) is 4. The molecule has 0 aliphatic carbocycles. The number of halogens is 3. The minimum absolute atomic E-state index is 0.0576. The molecule has 0 amide bonds. The van der Waals surface area contributed by atoms with Crippen molar-refractivity contribution in [1.29, 1.82) is 0 Å². The zero-order chi connectivity index (χ0) is 22.2. The van der Waals surface area contributed by atoms with Crippen LogP contribution in [0.2, 0.25) is 15.2 Å². The highest BCUT2D eigenvalue weighted by Crippen LogP contribution is 2.40. The molecule has 7 heteroatoms. The maximum absolute atomic E-state index is 6.89. The van der Waals surface area contributed by atoms with E-state index in [1.54, 1.807) is 18.7 Å². The first kappa shape index (κ1) is 21.0. The summed E-state index contributed by atoms with van der Waals surface area (Å²) in [5.74, 6) is -0.0576. The molecule has 0 aliphatic heterocycles. The van der Waals surface area contributed by atoms with Crippen LogP contribution in [0.3, 0.4) is 0 Å². The molecule has 0 spiro atoms. The lowest BCUT2D eigenvalue weighted by Crippen LogP contribution is -2.08. The maximum atomic E-state index is 6.89. The normalized spacial score (nSPS) is 12.2. The Kier molecular flexibility index (Phi) is 5.60. The largest absolute Gasteiger partial charge is 0.337 e. The summed E-state index contributed by atoms with van der Waals surface area (Å²) >= 11 is 19.6. The van der Waals surface area contributed by atoms with Crippen LogP contribution in [0.15, 0.2) is 79.5 Å². The van der Waals surface area contributed by atoms with E-state index in [1.807, 2.05) is 60.3 Å². The van der Waals surface area contributed by atoms with Crippen molar-refractivity contribution in [3.63, 3.8) is 0 Å². The van der Waals surface area contributed by atoms with Gasteiger partial charge in [-0.05, 0) is 41.5 Å². The third kappa shape index (κ3) is 3.75. The van der Waals surface area contributed by atoms with Crippen molar-refractivity contribution in [3.8, 4) is 11.1 Å². The van der Waals surface area contributed by atoms with E-state index in [-0.39, 0.29) is 5.92 Å². The van der Waals surface area contributed by atoms with Gasteiger partial charge in [0.15, 0.2) is 0 Å². The fraction of sp³-hybridized carbons (Fsp3) is 0.0800. The summed E-state index contributed by atoms with van der Waals surface area (Å²) in [5.41, 5.74) is 5.45. The Hall–Kier alpha value is -2.92. The minimum Gasteiger partial charge on any atom is -0.337 e. The van der Waals surface area contributed by atoms with Crippen LogP contribution in [0.5, 0.6) is 0 Å². The van der Waals surface area contributed by atoms with Gasteiger partial charge in [0.25, 0.3) is 0 Å². The third-order valence-electron chi connectivity index (χ3n) is 5.54. The fourth-order valence-corrected chi connectivity index (χ4v) is 4.80. The van der Waals surface area contributed by atoms with Crippen molar-refractivity contribution >= 4 is 45.7 Å². The molecule has 1 atom stereocenters. The zero-order valence-corrected chi connectivity index (χ0v) is 19.3. The van der Waals surface area contributed by atoms with Gasteiger partial charge in [-0.2, -0.15) is 0 Å². The monoisotopic (exact) mass is 478 g/mol. The second-order valence-electron chi connectivity index (χ2n) is 7.52. The van der Waals surface area contributed by atoms with Crippen molar-refractivity contribution in [1.82, 2.24) is 19.5 Å². The highest BCUT2D eigenvalue weighted by atomic mass is 35.5. The van der Waals surface area contributed by atoms with Gasteiger partial charge < -0.3 is 4.57 Å². The van der Waals surface area contributed by atoms with E-state index in [1.165, 1.54) is 0 Å². The number of hydrogen-bond acceptors (Lipinski definition) is 3. The molecule has 0 bridgehead atoms. The number of aromatic nitrogens is 4. The van der Waals surface area contributed by atoms with Crippen LogP contribution >= 0.6 is 34.8 Å². The first-order valence-electron chi connectivity index (χ1n) is 9.93. The first-order chi connectivity index (χ1) is 15.5. The summed E-state index contributed by atoms with van der Waals surface area (Å²) in [5, 5.41) is 2.42. The molecule has 0 saturated heterocycles. The molecule has 1 unspecified atom stereocenters. The molecule has 0 saturated carbocycles. The van der Waals surface area contributed by atoms with E-state index in [0.717, 1.165) is 33.3 Å². The van der Waals surface area contributed by atoms with E-state index in [2.05, 4.69) is 27.1 Å².